The molecule has 0 saturated carbocycles. The van der Waals surface area contributed by atoms with Gasteiger partial charge in [-0.1, -0.05) is 19.1 Å². The predicted molar refractivity (Wildman–Crippen MR) is 76.0 cm³/mol. The van der Waals surface area contributed by atoms with E-state index in [2.05, 4.69) is 24.0 Å². The van der Waals surface area contributed by atoms with Gasteiger partial charge < -0.3 is 10.0 Å². The molecule has 3 heteroatoms. The summed E-state index contributed by atoms with van der Waals surface area (Å²) in [7, 11) is 0. The lowest BCUT2D eigenvalue weighted by atomic mass is 9.87. The molecule has 1 aromatic rings. The average molecular weight is 258 g/mol. The third-order valence-electron chi connectivity index (χ3n) is 4.09. The lowest BCUT2D eigenvalue weighted by Gasteiger charge is -2.34. The van der Waals surface area contributed by atoms with E-state index in [-0.39, 0.29) is 0 Å². The van der Waals surface area contributed by atoms with Gasteiger partial charge in [0.1, 0.15) is 5.75 Å². The number of rotatable bonds is 5. The van der Waals surface area contributed by atoms with Gasteiger partial charge in [-0.3, -0.25) is 0 Å². The van der Waals surface area contributed by atoms with Gasteiger partial charge in [0.2, 0.25) is 0 Å². The van der Waals surface area contributed by atoms with Gasteiger partial charge in [-0.15, -0.1) is 0 Å². The fraction of sp³-hybridized carbons (Fsp3) is 0.562. The molecule has 1 aromatic carbocycles. The van der Waals surface area contributed by atoms with Crippen LogP contribution in [0, 0.1) is 11.3 Å². The molecule has 0 heterocycles. The van der Waals surface area contributed by atoms with Crippen LogP contribution in [0.15, 0.2) is 18.2 Å². The number of fused-ring (bicyclic) bond motifs is 1. The second-order valence-corrected chi connectivity index (χ2v) is 5.20. The largest absolute Gasteiger partial charge is 0.508 e. The van der Waals surface area contributed by atoms with Gasteiger partial charge in [-0.05, 0) is 56.0 Å². The Morgan fingerprint density at radius 1 is 1.47 bits per heavy atom. The van der Waals surface area contributed by atoms with E-state index < -0.39 is 0 Å². The first-order valence-electron chi connectivity index (χ1n) is 7.17. The molecule has 1 aliphatic rings. The number of hydrogen-bond donors (Lipinski definition) is 1. The van der Waals surface area contributed by atoms with E-state index in [0.717, 1.165) is 44.3 Å². The van der Waals surface area contributed by atoms with Crippen LogP contribution in [0.5, 0.6) is 5.75 Å². The highest BCUT2D eigenvalue weighted by molar-refractivity contribution is 5.41. The Morgan fingerprint density at radius 2 is 2.32 bits per heavy atom. The van der Waals surface area contributed by atoms with Crippen LogP contribution in [-0.2, 0) is 12.8 Å². The third-order valence-corrected chi connectivity index (χ3v) is 4.09. The predicted octanol–water partition coefficient (Wildman–Crippen LogP) is 2.88. The Bertz CT molecular complexity index is 464. The van der Waals surface area contributed by atoms with Gasteiger partial charge in [-0.25, -0.2) is 0 Å². The molecule has 1 N–H and O–H groups in total. The van der Waals surface area contributed by atoms with E-state index in [1.165, 1.54) is 5.56 Å². The van der Waals surface area contributed by atoms with Crippen LogP contribution in [0.1, 0.15) is 37.3 Å². The van der Waals surface area contributed by atoms with Crippen LogP contribution >= 0.6 is 0 Å². The summed E-state index contributed by atoms with van der Waals surface area (Å²) >= 11 is 0. The number of hydrogen-bond acceptors (Lipinski definition) is 3. The fourth-order valence-electron chi connectivity index (χ4n) is 3.04. The summed E-state index contributed by atoms with van der Waals surface area (Å²) in [6, 6.07) is 8.61. The van der Waals surface area contributed by atoms with Crippen LogP contribution in [0.25, 0.3) is 0 Å². The van der Waals surface area contributed by atoms with Crippen molar-refractivity contribution in [2.45, 2.75) is 45.1 Å². The van der Waals surface area contributed by atoms with Crippen molar-refractivity contribution in [2.75, 3.05) is 13.1 Å². The van der Waals surface area contributed by atoms with Crippen LogP contribution in [0.3, 0.4) is 0 Å². The van der Waals surface area contributed by atoms with Gasteiger partial charge in [-0.2, -0.15) is 5.26 Å². The van der Waals surface area contributed by atoms with Gasteiger partial charge in [0.25, 0.3) is 0 Å². The average Bonchev–Trinajstić information content (AvgIpc) is 2.44. The monoisotopic (exact) mass is 258 g/mol. The number of phenols is 1. The van der Waals surface area contributed by atoms with Crippen molar-refractivity contribution in [1.29, 1.82) is 5.26 Å². The van der Waals surface area contributed by atoms with Crippen molar-refractivity contribution in [1.82, 2.24) is 4.90 Å². The molecule has 3 nitrogen and oxygen atoms in total. The summed E-state index contributed by atoms with van der Waals surface area (Å²) in [5.41, 5.74) is 2.42. The first-order chi connectivity index (χ1) is 9.26. The van der Waals surface area contributed by atoms with E-state index in [4.69, 9.17) is 5.26 Å². The summed E-state index contributed by atoms with van der Waals surface area (Å²) in [5.74, 6) is 0.448. The standard InChI is InChI=1S/C16H22N2O/c1-2-18(11-4-3-10-17)14-8-9-15-13(12-14)6-5-7-16(15)19/h5-7,14,19H,2-4,8-9,11-12H2,1H3. The topological polar surface area (TPSA) is 47.3 Å². The molecular formula is C16H22N2O. The number of phenolic OH excluding ortho intramolecular Hbond substituents is 1. The molecule has 19 heavy (non-hydrogen) atoms. The first-order valence-corrected chi connectivity index (χ1v) is 7.17. The highest BCUT2D eigenvalue weighted by atomic mass is 16.3. The Labute approximate surface area is 115 Å². The van der Waals surface area contributed by atoms with E-state index in [1.54, 1.807) is 6.07 Å². The van der Waals surface area contributed by atoms with Crippen LogP contribution < -0.4 is 0 Å². The van der Waals surface area contributed by atoms with Crippen molar-refractivity contribution in [3.63, 3.8) is 0 Å². The van der Waals surface area contributed by atoms with E-state index in [9.17, 15) is 5.11 Å². The van der Waals surface area contributed by atoms with Crippen molar-refractivity contribution in [3.05, 3.63) is 29.3 Å². The van der Waals surface area contributed by atoms with Gasteiger partial charge >= 0.3 is 0 Å². The fourth-order valence-corrected chi connectivity index (χ4v) is 3.04. The van der Waals surface area contributed by atoms with Gasteiger partial charge in [0, 0.05) is 12.5 Å². The smallest absolute Gasteiger partial charge is 0.119 e. The summed E-state index contributed by atoms with van der Waals surface area (Å²) in [6.45, 7) is 4.22. The number of nitriles is 1. The minimum Gasteiger partial charge on any atom is -0.508 e. The second kappa shape index (κ2) is 6.58. The Hall–Kier alpha value is -1.53. The zero-order valence-corrected chi connectivity index (χ0v) is 11.6. The molecule has 0 aromatic heterocycles. The maximum atomic E-state index is 9.86. The van der Waals surface area contributed by atoms with Gasteiger partial charge in [0.15, 0.2) is 0 Å². The molecule has 102 valence electrons. The van der Waals surface area contributed by atoms with Crippen molar-refractivity contribution in [3.8, 4) is 11.8 Å². The zero-order chi connectivity index (χ0) is 13.7. The van der Waals surface area contributed by atoms with Crippen molar-refractivity contribution in [2.24, 2.45) is 0 Å². The highest BCUT2D eigenvalue weighted by Crippen LogP contribution is 2.30. The number of likely N-dealkylation sites (N-methyl/N-ethyl adjacent to an activating group) is 1. The Balaban J connectivity index is 2.02. The molecule has 0 aliphatic heterocycles. The summed E-state index contributed by atoms with van der Waals surface area (Å²) in [4.78, 5) is 2.48. The van der Waals surface area contributed by atoms with Crippen molar-refractivity contribution < 1.29 is 5.11 Å². The SMILES string of the molecule is CCN(CCCC#N)C1CCc2c(O)cccc2C1. The Morgan fingerprint density at radius 3 is 3.05 bits per heavy atom. The molecular weight excluding hydrogens is 236 g/mol. The van der Waals surface area contributed by atoms with Crippen LogP contribution in [0.2, 0.25) is 0 Å². The molecule has 1 unspecified atom stereocenters. The molecule has 1 atom stereocenters. The number of nitrogens with zero attached hydrogens (tertiary/aromatic N) is 2. The minimum atomic E-state index is 0.448. The van der Waals surface area contributed by atoms with E-state index >= 15 is 0 Å². The van der Waals surface area contributed by atoms with Gasteiger partial charge in [0.05, 0.1) is 6.07 Å². The number of unbranched alkanes of at least 4 members (excludes halogenated alkanes) is 1. The van der Waals surface area contributed by atoms with Crippen LogP contribution in [0.4, 0.5) is 0 Å². The summed E-state index contributed by atoms with van der Waals surface area (Å²) in [6.07, 6.45) is 4.67. The molecule has 0 saturated heterocycles. The maximum Gasteiger partial charge on any atom is 0.119 e. The molecule has 2 rings (SSSR count). The van der Waals surface area contributed by atoms with E-state index in [0.29, 0.717) is 18.2 Å². The second-order valence-electron chi connectivity index (χ2n) is 5.20. The molecule has 0 radical (unpaired) electrons. The molecule has 1 aliphatic carbocycles. The van der Waals surface area contributed by atoms with Crippen molar-refractivity contribution >= 4 is 0 Å². The lowest BCUT2D eigenvalue weighted by molar-refractivity contribution is 0.187. The van der Waals surface area contributed by atoms with E-state index in [1.807, 2.05) is 6.07 Å². The number of aromatic hydroxyl groups is 1. The quantitative estimate of drug-likeness (QED) is 0.826. The zero-order valence-electron chi connectivity index (χ0n) is 11.6. The molecule has 0 fully saturated rings. The lowest BCUT2D eigenvalue weighted by Crippen LogP contribution is -2.39. The summed E-state index contributed by atoms with van der Waals surface area (Å²) in [5, 5.41) is 18.5. The molecule has 0 amide bonds. The van der Waals surface area contributed by atoms with Crippen LogP contribution in [-0.4, -0.2) is 29.1 Å². The highest BCUT2D eigenvalue weighted by Gasteiger charge is 2.24. The first kappa shape index (κ1) is 13.9. The Kier molecular flexibility index (Phi) is 4.81. The minimum absolute atomic E-state index is 0.448. The molecule has 0 bridgehead atoms. The third kappa shape index (κ3) is 3.27. The summed E-state index contributed by atoms with van der Waals surface area (Å²) < 4.78 is 0. The maximum absolute atomic E-state index is 9.86. The number of benzene rings is 1. The normalized spacial score (nSPS) is 18.1. The molecule has 0 spiro atoms.